The zero-order chi connectivity index (χ0) is 16.2. The maximum atomic E-state index is 12.9. The van der Waals surface area contributed by atoms with Crippen LogP contribution in [0.15, 0.2) is 42.5 Å². The van der Waals surface area contributed by atoms with Crippen molar-refractivity contribution in [2.24, 2.45) is 0 Å². The topological polar surface area (TPSA) is 38.0 Å². The molecule has 2 rings (SSSR count). The van der Waals surface area contributed by atoms with Crippen molar-refractivity contribution in [2.75, 3.05) is 17.6 Å². The molecule has 2 nitrogen and oxygen atoms in total. The summed E-state index contributed by atoms with van der Waals surface area (Å²) in [6.45, 7) is 2.72. The van der Waals surface area contributed by atoms with Crippen molar-refractivity contribution in [3.05, 3.63) is 59.2 Å². The van der Waals surface area contributed by atoms with Gasteiger partial charge in [0.15, 0.2) is 0 Å². The second-order valence-electron chi connectivity index (χ2n) is 5.17. The number of nitrogens with one attached hydrogen (secondary N) is 1. The van der Waals surface area contributed by atoms with Crippen molar-refractivity contribution in [3.8, 4) is 0 Å². The summed E-state index contributed by atoms with van der Waals surface area (Å²) in [5.74, 6) is 0. The van der Waals surface area contributed by atoms with Gasteiger partial charge in [-0.05, 0) is 41.8 Å². The average Bonchev–Trinajstić information content (AvgIpc) is 2.47. The van der Waals surface area contributed by atoms with Crippen LogP contribution in [0.5, 0.6) is 0 Å². The normalized spacial score (nSPS) is 11.5. The minimum atomic E-state index is -4.35. The molecule has 0 saturated heterocycles. The van der Waals surface area contributed by atoms with Crippen molar-refractivity contribution in [3.63, 3.8) is 0 Å². The van der Waals surface area contributed by atoms with Crippen LogP contribution in [-0.2, 0) is 12.6 Å². The van der Waals surface area contributed by atoms with E-state index in [9.17, 15) is 13.2 Å². The van der Waals surface area contributed by atoms with Crippen molar-refractivity contribution < 1.29 is 13.2 Å². The van der Waals surface area contributed by atoms with E-state index in [0.717, 1.165) is 23.7 Å². The van der Waals surface area contributed by atoms with Gasteiger partial charge in [-0.3, -0.25) is 0 Å². The van der Waals surface area contributed by atoms with E-state index < -0.39 is 11.7 Å². The predicted octanol–water partition coefficient (Wildman–Crippen LogP) is 4.70. The van der Waals surface area contributed by atoms with Crippen LogP contribution >= 0.6 is 0 Å². The molecule has 5 heteroatoms. The maximum absolute atomic E-state index is 12.9. The Morgan fingerprint density at radius 2 is 1.77 bits per heavy atom. The summed E-state index contributed by atoms with van der Waals surface area (Å²) < 4.78 is 38.8. The quantitative estimate of drug-likeness (QED) is 0.786. The Hall–Kier alpha value is -2.17. The lowest BCUT2D eigenvalue weighted by atomic mass is 9.99. The fourth-order valence-corrected chi connectivity index (χ4v) is 2.25. The molecule has 0 amide bonds. The second-order valence-corrected chi connectivity index (χ2v) is 5.17. The summed E-state index contributed by atoms with van der Waals surface area (Å²) >= 11 is 0. The summed E-state index contributed by atoms with van der Waals surface area (Å²) in [6, 6.07) is 11.0. The third kappa shape index (κ3) is 3.93. The lowest BCUT2D eigenvalue weighted by molar-refractivity contribution is -0.137. The van der Waals surface area contributed by atoms with Gasteiger partial charge in [-0.15, -0.1) is 0 Å². The van der Waals surface area contributed by atoms with Crippen LogP contribution in [0.25, 0.3) is 0 Å². The van der Waals surface area contributed by atoms with Crippen LogP contribution in [0.1, 0.15) is 30.0 Å². The van der Waals surface area contributed by atoms with Crippen molar-refractivity contribution in [1.29, 1.82) is 0 Å². The van der Waals surface area contributed by atoms with E-state index in [-0.39, 0.29) is 0 Å². The molecule has 0 aliphatic carbocycles. The monoisotopic (exact) mass is 308 g/mol. The number of nitrogens with two attached hydrogens (primary N) is 1. The number of alkyl halides is 3. The first-order valence-electron chi connectivity index (χ1n) is 7.19. The standard InChI is InChI=1S/C17H19F3N2/c1-2-9-22-16-8-7-14(17(18,19)20)11-13(16)10-12-5-3-4-6-15(12)21/h3-8,11,22H,2,9-10,21H2,1H3. The van der Waals surface area contributed by atoms with Crippen LogP contribution in [0.4, 0.5) is 24.5 Å². The number of para-hydroxylation sites is 1. The highest BCUT2D eigenvalue weighted by Gasteiger charge is 2.31. The lowest BCUT2D eigenvalue weighted by Gasteiger charge is -2.16. The Morgan fingerprint density at radius 3 is 2.41 bits per heavy atom. The zero-order valence-electron chi connectivity index (χ0n) is 12.4. The van der Waals surface area contributed by atoms with E-state index in [0.29, 0.717) is 24.2 Å². The maximum Gasteiger partial charge on any atom is 0.416 e. The van der Waals surface area contributed by atoms with Gasteiger partial charge in [0, 0.05) is 24.3 Å². The Balaban J connectivity index is 2.38. The molecule has 0 aliphatic heterocycles. The molecule has 0 atom stereocenters. The number of halogens is 3. The molecular formula is C17H19F3N2. The molecule has 0 saturated carbocycles. The van der Waals surface area contributed by atoms with Crippen molar-refractivity contribution in [1.82, 2.24) is 0 Å². The minimum Gasteiger partial charge on any atom is -0.398 e. The number of hydrogen-bond donors (Lipinski definition) is 2. The molecule has 3 N–H and O–H groups in total. The number of hydrogen-bond acceptors (Lipinski definition) is 2. The third-order valence-electron chi connectivity index (χ3n) is 3.43. The van der Waals surface area contributed by atoms with Gasteiger partial charge in [0.2, 0.25) is 0 Å². The predicted molar refractivity (Wildman–Crippen MR) is 83.9 cm³/mol. The molecule has 2 aromatic carbocycles. The molecule has 0 aromatic heterocycles. The highest BCUT2D eigenvalue weighted by Crippen LogP contribution is 2.33. The molecule has 2 aromatic rings. The van der Waals surface area contributed by atoms with Gasteiger partial charge in [0.05, 0.1) is 5.56 Å². The van der Waals surface area contributed by atoms with Gasteiger partial charge >= 0.3 is 6.18 Å². The first kappa shape index (κ1) is 16.2. The first-order chi connectivity index (χ1) is 10.4. The Labute approximate surface area is 128 Å². The van der Waals surface area contributed by atoms with Crippen LogP contribution in [0.2, 0.25) is 0 Å². The van der Waals surface area contributed by atoms with Gasteiger partial charge in [0.1, 0.15) is 0 Å². The Kier molecular flexibility index (Phi) is 4.96. The van der Waals surface area contributed by atoms with Gasteiger partial charge < -0.3 is 11.1 Å². The van der Waals surface area contributed by atoms with E-state index in [2.05, 4.69) is 5.32 Å². The smallest absolute Gasteiger partial charge is 0.398 e. The first-order valence-corrected chi connectivity index (χ1v) is 7.19. The lowest BCUT2D eigenvalue weighted by Crippen LogP contribution is -2.09. The summed E-state index contributed by atoms with van der Waals surface area (Å²) in [7, 11) is 0. The second kappa shape index (κ2) is 6.73. The number of rotatable bonds is 5. The number of benzene rings is 2. The molecule has 0 spiro atoms. The SMILES string of the molecule is CCCNc1ccc(C(F)(F)F)cc1Cc1ccccc1N. The van der Waals surface area contributed by atoms with Gasteiger partial charge in [0.25, 0.3) is 0 Å². The Bertz CT molecular complexity index is 636. The fraction of sp³-hybridized carbons (Fsp3) is 0.294. The van der Waals surface area contributed by atoms with Crippen LogP contribution in [0.3, 0.4) is 0 Å². The summed E-state index contributed by atoms with van der Waals surface area (Å²) in [6.07, 6.45) is -3.09. The fourth-order valence-electron chi connectivity index (χ4n) is 2.25. The van der Waals surface area contributed by atoms with E-state index in [1.54, 1.807) is 12.1 Å². The molecule has 0 fully saturated rings. The minimum absolute atomic E-state index is 0.364. The number of anilines is 2. The molecule has 0 unspecified atom stereocenters. The largest absolute Gasteiger partial charge is 0.416 e. The molecule has 22 heavy (non-hydrogen) atoms. The van der Waals surface area contributed by atoms with Gasteiger partial charge in [-0.25, -0.2) is 0 Å². The number of nitrogen functional groups attached to an aromatic ring is 1. The summed E-state index contributed by atoms with van der Waals surface area (Å²) in [4.78, 5) is 0. The zero-order valence-corrected chi connectivity index (χ0v) is 12.4. The van der Waals surface area contributed by atoms with E-state index in [4.69, 9.17) is 5.73 Å². The highest BCUT2D eigenvalue weighted by molar-refractivity contribution is 5.57. The van der Waals surface area contributed by atoms with E-state index in [1.165, 1.54) is 12.1 Å². The van der Waals surface area contributed by atoms with Gasteiger partial charge in [-0.1, -0.05) is 25.1 Å². The molecule has 0 radical (unpaired) electrons. The van der Waals surface area contributed by atoms with Crippen LogP contribution in [0, 0.1) is 0 Å². The van der Waals surface area contributed by atoms with Crippen LogP contribution < -0.4 is 11.1 Å². The molecule has 118 valence electrons. The summed E-state index contributed by atoms with van der Waals surface area (Å²) in [5, 5.41) is 3.17. The molecule has 0 bridgehead atoms. The summed E-state index contributed by atoms with van der Waals surface area (Å²) in [5.41, 5.74) is 7.98. The van der Waals surface area contributed by atoms with E-state index in [1.807, 2.05) is 19.1 Å². The third-order valence-corrected chi connectivity index (χ3v) is 3.43. The molecular weight excluding hydrogens is 289 g/mol. The Morgan fingerprint density at radius 1 is 1.05 bits per heavy atom. The highest BCUT2D eigenvalue weighted by atomic mass is 19.4. The molecule has 0 aliphatic rings. The van der Waals surface area contributed by atoms with Crippen molar-refractivity contribution in [2.45, 2.75) is 25.9 Å². The molecule has 0 heterocycles. The average molecular weight is 308 g/mol. The van der Waals surface area contributed by atoms with Crippen molar-refractivity contribution >= 4 is 11.4 Å². The van der Waals surface area contributed by atoms with Crippen LogP contribution in [-0.4, -0.2) is 6.54 Å². The van der Waals surface area contributed by atoms with Gasteiger partial charge in [-0.2, -0.15) is 13.2 Å². The van der Waals surface area contributed by atoms with E-state index >= 15 is 0 Å².